The van der Waals surface area contributed by atoms with E-state index in [1.807, 2.05) is 0 Å². The summed E-state index contributed by atoms with van der Waals surface area (Å²) < 4.78 is 67.1. The molecular weight excluding hydrogens is 407 g/mol. The third-order valence-corrected chi connectivity index (χ3v) is 4.33. The first-order valence-corrected chi connectivity index (χ1v) is 8.42. The molecule has 2 N–H and O–H groups in total. The van der Waals surface area contributed by atoms with E-state index in [4.69, 9.17) is 5.73 Å². The van der Waals surface area contributed by atoms with Gasteiger partial charge in [-0.2, -0.15) is 17.9 Å². The SMILES string of the molecule is Nc1ncc(-c2ccc(C(F)(F)F)cc2)cc1-c1nnnn1-c1cccc(F)c1F. The van der Waals surface area contributed by atoms with Gasteiger partial charge in [0.25, 0.3) is 0 Å². The van der Waals surface area contributed by atoms with Crippen molar-refractivity contribution < 1.29 is 22.0 Å². The zero-order chi connectivity index (χ0) is 21.5. The molecule has 0 aliphatic heterocycles. The van der Waals surface area contributed by atoms with Gasteiger partial charge in [-0.25, -0.2) is 13.8 Å². The number of rotatable bonds is 3. The predicted molar refractivity (Wildman–Crippen MR) is 97.2 cm³/mol. The van der Waals surface area contributed by atoms with Crippen LogP contribution in [0, 0.1) is 11.6 Å². The first kappa shape index (κ1) is 19.4. The van der Waals surface area contributed by atoms with Crippen LogP contribution >= 0.6 is 0 Å². The van der Waals surface area contributed by atoms with Crippen LogP contribution in [-0.2, 0) is 6.18 Å². The molecule has 2 aromatic carbocycles. The zero-order valence-electron chi connectivity index (χ0n) is 14.9. The number of hydrogen-bond donors (Lipinski definition) is 1. The number of halogens is 5. The Balaban J connectivity index is 1.79. The predicted octanol–water partition coefficient (Wildman–Crippen LogP) is 4.27. The highest BCUT2D eigenvalue weighted by Crippen LogP contribution is 2.33. The quantitative estimate of drug-likeness (QED) is 0.503. The van der Waals surface area contributed by atoms with Gasteiger partial charge in [0.15, 0.2) is 17.5 Å². The van der Waals surface area contributed by atoms with Crippen molar-refractivity contribution in [3.8, 4) is 28.2 Å². The monoisotopic (exact) mass is 418 g/mol. The van der Waals surface area contributed by atoms with Crippen LogP contribution in [0.1, 0.15) is 5.56 Å². The van der Waals surface area contributed by atoms with Crippen LogP contribution in [0.2, 0.25) is 0 Å². The second kappa shape index (κ2) is 7.17. The molecule has 0 saturated carbocycles. The fourth-order valence-electron chi connectivity index (χ4n) is 2.84. The fourth-order valence-corrected chi connectivity index (χ4v) is 2.84. The van der Waals surface area contributed by atoms with E-state index in [9.17, 15) is 22.0 Å². The molecule has 152 valence electrons. The second-order valence-electron chi connectivity index (χ2n) is 6.22. The average Bonchev–Trinajstić information content (AvgIpc) is 3.19. The van der Waals surface area contributed by atoms with Crippen LogP contribution < -0.4 is 5.73 Å². The van der Waals surface area contributed by atoms with Crippen molar-refractivity contribution in [2.24, 2.45) is 0 Å². The third-order valence-electron chi connectivity index (χ3n) is 4.33. The summed E-state index contributed by atoms with van der Waals surface area (Å²) in [4.78, 5) is 4.04. The number of tetrazole rings is 1. The lowest BCUT2D eigenvalue weighted by molar-refractivity contribution is -0.137. The molecule has 0 bridgehead atoms. The Morgan fingerprint density at radius 2 is 1.67 bits per heavy atom. The van der Waals surface area contributed by atoms with Crippen molar-refractivity contribution in [1.29, 1.82) is 0 Å². The molecule has 11 heteroatoms. The molecule has 2 aromatic heterocycles. The number of pyridine rings is 1. The van der Waals surface area contributed by atoms with Crippen LogP contribution in [-0.4, -0.2) is 25.2 Å². The maximum absolute atomic E-state index is 14.2. The van der Waals surface area contributed by atoms with Crippen LogP contribution in [0.15, 0.2) is 54.7 Å². The Labute approximate surface area is 165 Å². The number of benzene rings is 2. The number of nitrogens with zero attached hydrogens (tertiary/aromatic N) is 5. The maximum atomic E-state index is 14.2. The lowest BCUT2D eigenvalue weighted by Gasteiger charge is -2.11. The standard InChI is InChI=1S/C19H11F5N6/c20-14-2-1-3-15(16(14)21)30-18(27-28-29-30)13-8-11(9-26-17(13)25)10-4-6-12(7-5-10)19(22,23)24/h1-9H,(H2,25,26). The van der Waals surface area contributed by atoms with E-state index in [1.165, 1.54) is 36.5 Å². The van der Waals surface area contributed by atoms with Gasteiger partial charge in [-0.1, -0.05) is 18.2 Å². The van der Waals surface area contributed by atoms with Crippen molar-refractivity contribution in [3.63, 3.8) is 0 Å². The number of nitrogen functional groups attached to an aromatic ring is 1. The Kier molecular flexibility index (Phi) is 4.65. The minimum Gasteiger partial charge on any atom is -0.383 e. The van der Waals surface area contributed by atoms with Crippen molar-refractivity contribution in [1.82, 2.24) is 25.2 Å². The summed E-state index contributed by atoms with van der Waals surface area (Å²) in [7, 11) is 0. The molecule has 4 aromatic rings. The lowest BCUT2D eigenvalue weighted by atomic mass is 10.0. The Hall–Kier alpha value is -3.89. The summed E-state index contributed by atoms with van der Waals surface area (Å²) in [5.41, 5.74) is 5.95. The zero-order valence-corrected chi connectivity index (χ0v) is 14.9. The first-order chi connectivity index (χ1) is 14.3. The molecule has 0 aliphatic rings. The van der Waals surface area contributed by atoms with Crippen LogP contribution in [0.5, 0.6) is 0 Å². The van der Waals surface area contributed by atoms with Crippen molar-refractivity contribution in [3.05, 3.63) is 71.9 Å². The van der Waals surface area contributed by atoms with Crippen molar-refractivity contribution in [2.75, 3.05) is 5.73 Å². The van der Waals surface area contributed by atoms with Gasteiger partial charge in [-0.15, -0.1) is 5.10 Å². The van der Waals surface area contributed by atoms with Gasteiger partial charge < -0.3 is 5.73 Å². The topological polar surface area (TPSA) is 82.5 Å². The summed E-state index contributed by atoms with van der Waals surface area (Å²) in [5.74, 6) is -2.26. The normalized spacial score (nSPS) is 11.6. The smallest absolute Gasteiger partial charge is 0.383 e. The Morgan fingerprint density at radius 3 is 2.37 bits per heavy atom. The van der Waals surface area contributed by atoms with Crippen LogP contribution in [0.3, 0.4) is 0 Å². The molecule has 4 rings (SSSR count). The first-order valence-electron chi connectivity index (χ1n) is 8.42. The van der Waals surface area contributed by atoms with Gasteiger partial charge >= 0.3 is 6.18 Å². The number of nitrogens with two attached hydrogens (primary N) is 1. The van der Waals surface area contributed by atoms with Gasteiger partial charge in [-0.05, 0) is 46.3 Å². The molecule has 0 atom stereocenters. The summed E-state index contributed by atoms with van der Waals surface area (Å²) in [5, 5.41) is 11.0. The molecule has 0 unspecified atom stereocenters. The molecule has 30 heavy (non-hydrogen) atoms. The molecular formula is C19H11F5N6. The fraction of sp³-hybridized carbons (Fsp3) is 0.0526. The van der Waals surface area contributed by atoms with Gasteiger partial charge in [0, 0.05) is 11.8 Å². The van der Waals surface area contributed by atoms with E-state index in [-0.39, 0.29) is 22.9 Å². The van der Waals surface area contributed by atoms with E-state index in [2.05, 4.69) is 20.5 Å². The highest BCUT2D eigenvalue weighted by Gasteiger charge is 2.30. The molecule has 0 spiro atoms. The van der Waals surface area contributed by atoms with E-state index >= 15 is 0 Å². The van der Waals surface area contributed by atoms with Crippen molar-refractivity contribution >= 4 is 5.82 Å². The average molecular weight is 418 g/mol. The summed E-state index contributed by atoms with van der Waals surface area (Å²) >= 11 is 0. The van der Waals surface area contributed by atoms with Crippen molar-refractivity contribution in [2.45, 2.75) is 6.18 Å². The molecule has 0 saturated heterocycles. The highest BCUT2D eigenvalue weighted by molar-refractivity contribution is 5.76. The minimum atomic E-state index is -4.46. The van der Waals surface area contributed by atoms with E-state index in [0.29, 0.717) is 11.1 Å². The van der Waals surface area contributed by atoms with E-state index in [0.717, 1.165) is 22.9 Å². The molecule has 0 radical (unpaired) electrons. The molecule has 6 nitrogen and oxygen atoms in total. The Bertz CT molecular complexity index is 1220. The highest BCUT2D eigenvalue weighted by atomic mass is 19.4. The molecule has 2 heterocycles. The third kappa shape index (κ3) is 3.45. The number of alkyl halides is 3. The number of anilines is 1. The summed E-state index contributed by atoms with van der Waals surface area (Å²) in [6.45, 7) is 0. The number of aromatic nitrogens is 5. The largest absolute Gasteiger partial charge is 0.416 e. The summed E-state index contributed by atoms with van der Waals surface area (Å²) in [6, 6.07) is 9.48. The van der Waals surface area contributed by atoms with Gasteiger partial charge in [0.2, 0.25) is 0 Å². The molecule has 0 aliphatic carbocycles. The van der Waals surface area contributed by atoms with E-state index in [1.54, 1.807) is 0 Å². The van der Waals surface area contributed by atoms with Crippen LogP contribution in [0.25, 0.3) is 28.2 Å². The minimum absolute atomic E-state index is 0.00137. The number of hydrogen-bond acceptors (Lipinski definition) is 5. The van der Waals surface area contributed by atoms with E-state index < -0.39 is 23.4 Å². The van der Waals surface area contributed by atoms with Gasteiger partial charge in [-0.3, -0.25) is 0 Å². The van der Waals surface area contributed by atoms with Gasteiger partial charge in [0.1, 0.15) is 11.5 Å². The summed E-state index contributed by atoms with van der Waals surface area (Å²) in [6.07, 6.45) is -3.08. The molecule has 0 fully saturated rings. The maximum Gasteiger partial charge on any atom is 0.416 e. The molecule has 0 amide bonds. The van der Waals surface area contributed by atoms with Gasteiger partial charge in [0.05, 0.1) is 11.1 Å². The second-order valence-corrected chi connectivity index (χ2v) is 6.22. The Morgan fingerprint density at radius 1 is 0.933 bits per heavy atom. The van der Waals surface area contributed by atoms with Crippen LogP contribution in [0.4, 0.5) is 27.8 Å². The lowest BCUT2D eigenvalue weighted by Crippen LogP contribution is -2.06.